The quantitative estimate of drug-likeness (QED) is 0.738. The van der Waals surface area contributed by atoms with Crippen LogP contribution in [0, 0.1) is 5.82 Å². The zero-order chi connectivity index (χ0) is 9.42. The molecule has 0 bridgehead atoms. The molecule has 1 nitrogen and oxygen atoms in total. The van der Waals surface area contributed by atoms with Gasteiger partial charge in [-0.1, -0.05) is 6.07 Å². The summed E-state index contributed by atoms with van der Waals surface area (Å²) in [6.45, 7) is 2.07. The van der Waals surface area contributed by atoms with Crippen LogP contribution in [0.3, 0.4) is 0 Å². The average molecular weight is 244 g/mol. The van der Waals surface area contributed by atoms with Crippen molar-refractivity contribution >= 4 is 21.6 Å². The van der Waals surface area contributed by atoms with Crippen molar-refractivity contribution in [1.82, 2.24) is 0 Å². The SMILES string of the molecule is CC1CCc2ccc(Br)c(F)c2N1. The maximum Gasteiger partial charge on any atom is 0.160 e. The molecule has 1 N–H and O–H groups in total. The van der Waals surface area contributed by atoms with E-state index in [1.54, 1.807) is 6.07 Å². The smallest absolute Gasteiger partial charge is 0.160 e. The van der Waals surface area contributed by atoms with Crippen LogP contribution in [0.25, 0.3) is 0 Å². The first-order valence-corrected chi connectivity index (χ1v) is 5.21. The molecule has 0 aromatic heterocycles. The molecule has 13 heavy (non-hydrogen) atoms. The van der Waals surface area contributed by atoms with E-state index in [0.717, 1.165) is 18.4 Å². The van der Waals surface area contributed by atoms with Crippen molar-refractivity contribution < 1.29 is 4.39 Å². The standard InChI is InChI=1S/C10H11BrFN/c1-6-2-3-7-4-5-8(11)9(12)10(7)13-6/h4-6,13H,2-3H2,1H3. The lowest BCUT2D eigenvalue weighted by atomic mass is 9.99. The van der Waals surface area contributed by atoms with Crippen LogP contribution in [0.15, 0.2) is 16.6 Å². The lowest BCUT2D eigenvalue weighted by Crippen LogP contribution is -2.22. The minimum absolute atomic E-state index is 0.163. The number of hydrogen-bond acceptors (Lipinski definition) is 1. The lowest BCUT2D eigenvalue weighted by molar-refractivity contribution is 0.600. The van der Waals surface area contributed by atoms with Crippen molar-refractivity contribution in [2.24, 2.45) is 0 Å². The Balaban J connectivity index is 2.48. The van der Waals surface area contributed by atoms with E-state index in [9.17, 15) is 4.39 Å². The molecule has 1 heterocycles. The minimum atomic E-state index is -0.163. The summed E-state index contributed by atoms with van der Waals surface area (Å²) in [5.41, 5.74) is 1.76. The van der Waals surface area contributed by atoms with E-state index in [1.165, 1.54) is 0 Å². The van der Waals surface area contributed by atoms with Crippen LogP contribution in [-0.4, -0.2) is 6.04 Å². The van der Waals surface area contributed by atoms with Gasteiger partial charge in [-0.25, -0.2) is 4.39 Å². The number of aryl methyl sites for hydroxylation is 1. The predicted octanol–water partition coefficient (Wildman–Crippen LogP) is 3.33. The van der Waals surface area contributed by atoms with Gasteiger partial charge in [0.15, 0.2) is 5.82 Å². The summed E-state index contributed by atoms with van der Waals surface area (Å²) in [6.07, 6.45) is 2.04. The van der Waals surface area contributed by atoms with Crippen molar-refractivity contribution in [3.05, 3.63) is 28.0 Å². The fourth-order valence-electron chi connectivity index (χ4n) is 1.65. The first kappa shape index (κ1) is 9.00. The molecule has 0 amide bonds. The third kappa shape index (κ3) is 1.57. The van der Waals surface area contributed by atoms with E-state index in [1.807, 2.05) is 6.07 Å². The molecule has 0 saturated heterocycles. The van der Waals surface area contributed by atoms with Crippen LogP contribution in [0.4, 0.5) is 10.1 Å². The Morgan fingerprint density at radius 2 is 2.31 bits per heavy atom. The summed E-state index contributed by atoms with van der Waals surface area (Å²) < 4.78 is 14.1. The summed E-state index contributed by atoms with van der Waals surface area (Å²) in [5.74, 6) is -0.163. The molecule has 0 fully saturated rings. The highest BCUT2D eigenvalue weighted by atomic mass is 79.9. The zero-order valence-electron chi connectivity index (χ0n) is 7.40. The molecule has 1 unspecified atom stereocenters. The van der Waals surface area contributed by atoms with Crippen molar-refractivity contribution in [3.63, 3.8) is 0 Å². The first-order valence-electron chi connectivity index (χ1n) is 4.42. The Labute approximate surface area is 85.5 Å². The predicted molar refractivity (Wildman–Crippen MR) is 55.5 cm³/mol. The van der Waals surface area contributed by atoms with Crippen LogP contribution in [0.5, 0.6) is 0 Å². The van der Waals surface area contributed by atoms with E-state index in [0.29, 0.717) is 16.2 Å². The van der Waals surface area contributed by atoms with Crippen LogP contribution in [0.1, 0.15) is 18.9 Å². The molecule has 3 heteroatoms. The number of hydrogen-bond donors (Lipinski definition) is 1. The van der Waals surface area contributed by atoms with Crippen LogP contribution < -0.4 is 5.32 Å². The Morgan fingerprint density at radius 1 is 1.54 bits per heavy atom. The van der Waals surface area contributed by atoms with Gasteiger partial charge in [0.25, 0.3) is 0 Å². The van der Waals surface area contributed by atoms with Gasteiger partial charge in [0.1, 0.15) is 0 Å². The maximum atomic E-state index is 13.5. The third-order valence-corrected chi connectivity index (χ3v) is 3.03. The number of nitrogens with one attached hydrogen (secondary N) is 1. The highest BCUT2D eigenvalue weighted by molar-refractivity contribution is 9.10. The Kier molecular flexibility index (Phi) is 2.28. The highest BCUT2D eigenvalue weighted by Gasteiger charge is 2.18. The van der Waals surface area contributed by atoms with Gasteiger partial charge < -0.3 is 5.32 Å². The van der Waals surface area contributed by atoms with Gasteiger partial charge in [0.2, 0.25) is 0 Å². The molecule has 1 aromatic carbocycles. The van der Waals surface area contributed by atoms with Crippen molar-refractivity contribution in [2.45, 2.75) is 25.8 Å². The van der Waals surface area contributed by atoms with Gasteiger partial charge in [0, 0.05) is 6.04 Å². The monoisotopic (exact) mass is 243 g/mol. The van der Waals surface area contributed by atoms with Gasteiger partial charge >= 0.3 is 0 Å². The van der Waals surface area contributed by atoms with Crippen molar-refractivity contribution in [1.29, 1.82) is 0 Å². The normalized spacial score (nSPS) is 20.7. The number of benzene rings is 1. The van der Waals surface area contributed by atoms with E-state index in [4.69, 9.17) is 0 Å². The molecular formula is C10H11BrFN. The lowest BCUT2D eigenvalue weighted by Gasteiger charge is -2.24. The largest absolute Gasteiger partial charge is 0.380 e. The van der Waals surface area contributed by atoms with Crippen LogP contribution in [0.2, 0.25) is 0 Å². The van der Waals surface area contributed by atoms with E-state index >= 15 is 0 Å². The maximum absolute atomic E-state index is 13.5. The molecule has 0 saturated carbocycles. The topological polar surface area (TPSA) is 12.0 Å². The highest BCUT2D eigenvalue weighted by Crippen LogP contribution is 2.31. The minimum Gasteiger partial charge on any atom is -0.380 e. The van der Waals surface area contributed by atoms with Gasteiger partial charge in [-0.3, -0.25) is 0 Å². The van der Waals surface area contributed by atoms with E-state index in [-0.39, 0.29) is 5.82 Å². The fraction of sp³-hybridized carbons (Fsp3) is 0.400. The Morgan fingerprint density at radius 3 is 3.08 bits per heavy atom. The second-order valence-corrected chi connectivity index (χ2v) is 4.33. The molecule has 1 atom stereocenters. The van der Waals surface area contributed by atoms with Gasteiger partial charge in [-0.05, 0) is 47.3 Å². The molecule has 0 spiro atoms. The molecular weight excluding hydrogens is 233 g/mol. The summed E-state index contributed by atoms with van der Waals surface area (Å²) >= 11 is 3.18. The van der Waals surface area contributed by atoms with Gasteiger partial charge in [-0.2, -0.15) is 0 Å². The molecule has 0 radical (unpaired) electrons. The molecule has 70 valence electrons. The second-order valence-electron chi connectivity index (χ2n) is 3.48. The second kappa shape index (κ2) is 3.29. The average Bonchev–Trinajstić information content (AvgIpc) is 2.12. The third-order valence-electron chi connectivity index (χ3n) is 2.42. The van der Waals surface area contributed by atoms with Crippen LogP contribution in [-0.2, 0) is 6.42 Å². The number of halogens is 2. The van der Waals surface area contributed by atoms with Gasteiger partial charge in [0.05, 0.1) is 10.2 Å². The summed E-state index contributed by atoms with van der Waals surface area (Å²) in [7, 11) is 0. The summed E-state index contributed by atoms with van der Waals surface area (Å²) in [6, 6.07) is 4.11. The first-order chi connectivity index (χ1) is 6.18. The molecule has 0 aliphatic carbocycles. The van der Waals surface area contributed by atoms with E-state index in [2.05, 4.69) is 28.2 Å². The van der Waals surface area contributed by atoms with Crippen molar-refractivity contribution in [2.75, 3.05) is 5.32 Å². The molecule has 1 aliphatic rings. The Hall–Kier alpha value is -0.570. The molecule has 1 aliphatic heterocycles. The number of anilines is 1. The summed E-state index contributed by atoms with van der Waals surface area (Å²) in [4.78, 5) is 0. The van der Waals surface area contributed by atoms with Crippen molar-refractivity contribution in [3.8, 4) is 0 Å². The number of rotatable bonds is 0. The molecule has 1 aromatic rings. The zero-order valence-corrected chi connectivity index (χ0v) is 8.99. The van der Waals surface area contributed by atoms with Gasteiger partial charge in [-0.15, -0.1) is 0 Å². The van der Waals surface area contributed by atoms with Crippen LogP contribution >= 0.6 is 15.9 Å². The Bertz CT molecular complexity index is 338. The van der Waals surface area contributed by atoms with E-state index < -0.39 is 0 Å². The summed E-state index contributed by atoms with van der Waals surface area (Å²) in [5, 5.41) is 3.16. The molecule has 2 rings (SSSR count). The number of fused-ring (bicyclic) bond motifs is 1. The fourth-order valence-corrected chi connectivity index (χ4v) is 1.98.